The quantitative estimate of drug-likeness (QED) is 0.740. The molecular formula is C23H22N2O6. The lowest BCUT2D eigenvalue weighted by Gasteiger charge is -2.45. The molecule has 2 saturated heterocycles. The Balaban J connectivity index is 1.15. The summed E-state index contributed by atoms with van der Waals surface area (Å²) in [4.78, 5) is 30.0. The highest BCUT2D eigenvalue weighted by molar-refractivity contribution is 5.96. The molecule has 6 rings (SSSR count). The Labute approximate surface area is 179 Å². The number of ether oxygens (including phenoxy) is 4. The van der Waals surface area contributed by atoms with Crippen LogP contribution in [0.25, 0.3) is 0 Å². The van der Waals surface area contributed by atoms with Crippen LogP contribution in [0.4, 0.5) is 0 Å². The van der Waals surface area contributed by atoms with Gasteiger partial charge in [-0.1, -0.05) is 0 Å². The van der Waals surface area contributed by atoms with Crippen molar-refractivity contribution in [1.29, 1.82) is 0 Å². The number of amides is 2. The molecule has 0 N–H and O–H groups in total. The van der Waals surface area contributed by atoms with Gasteiger partial charge in [0.15, 0.2) is 23.0 Å². The maximum atomic E-state index is 13.1. The van der Waals surface area contributed by atoms with E-state index in [2.05, 4.69) is 0 Å². The summed E-state index contributed by atoms with van der Waals surface area (Å²) in [5.41, 5.74) is 1.22. The van der Waals surface area contributed by atoms with Crippen molar-refractivity contribution in [3.05, 3.63) is 47.5 Å². The van der Waals surface area contributed by atoms with E-state index < -0.39 is 0 Å². The van der Waals surface area contributed by atoms with Gasteiger partial charge < -0.3 is 28.7 Å². The number of likely N-dealkylation sites (tertiary alicyclic amines) is 2. The summed E-state index contributed by atoms with van der Waals surface area (Å²) in [5, 5.41) is 0. The molecule has 0 aliphatic carbocycles. The predicted molar refractivity (Wildman–Crippen MR) is 109 cm³/mol. The summed E-state index contributed by atoms with van der Waals surface area (Å²) in [6.45, 7) is 2.97. The SMILES string of the molecule is O=C(c1ccc2c(c1)OCO2)N1CC2CC(C1)CN(C(=O)c1ccc3c(c1)OCO3)C2. The van der Waals surface area contributed by atoms with Gasteiger partial charge in [-0.2, -0.15) is 0 Å². The number of benzene rings is 2. The molecule has 4 aliphatic heterocycles. The first-order valence-electron chi connectivity index (χ1n) is 10.5. The van der Waals surface area contributed by atoms with Gasteiger partial charge in [0.1, 0.15) is 0 Å². The van der Waals surface area contributed by atoms with Crippen LogP contribution in [0.1, 0.15) is 27.1 Å². The second-order valence-corrected chi connectivity index (χ2v) is 8.52. The Morgan fingerprint density at radius 1 is 0.645 bits per heavy atom. The van der Waals surface area contributed by atoms with Crippen LogP contribution >= 0.6 is 0 Å². The fraction of sp³-hybridized carbons (Fsp3) is 0.391. The minimum atomic E-state index is 0.00328. The van der Waals surface area contributed by atoms with E-state index in [1.54, 1.807) is 36.4 Å². The fourth-order valence-corrected chi connectivity index (χ4v) is 5.04. The van der Waals surface area contributed by atoms with Crippen LogP contribution in [-0.2, 0) is 0 Å². The molecule has 2 fully saturated rings. The summed E-state index contributed by atoms with van der Waals surface area (Å²) in [6, 6.07) is 10.7. The molecule has 0 saturated carbocycles. The lowest BCUT2D eigenvalue weighted by molar-refractivity contribution is 0.0241. The zero-order valence-corrected chi connectivity index (χ0v) is 16.9. The van der Waals surface area contributed by atoms with Crippen LogP contribution in [0.5, 0.6) is 23.0 Å². The zero-order valence-electron chi connectivity index (χ0n) is 16.9. The fourth-order valence-electron chi connectivity index (χ4n) is 5.04. The molecular weight excluding hydrogens is 400 g/mol. The molecule has 0 unspecified atom stereocenters. The van der Waals surface area contributed by atoms with Gasteiger partial charge in [-0.25, -0.2) is 0 Å². The zero-order chi connectivity index (χ0) is 20.9. The van der Waals surface area contributed by atoms with Crippen LogP contribution < -0.4 is 18.9 Å². The van der Waals surface area contributed by atoms with Crippen molar-refractivity contribution >= 4 is 11.8 Å². The van der Waals surface area contributed by atoms with Crippen LogP contribution in [0.2, 0.25) is 0 Å². The summed E-state index contributed by atoms with van der Waals surface area (Å²) >= 11 is 0. The van der Waals surface area contributed by atoms with E-state index >= 15 is 0 Å². The number of nitrogens with zero attached hydrogens (tertiary/aromatic N) is 2. The van der Waals surface area contributed by atoms with E-state index in [0.717, 1.165) is 6.42 Å². The van der Waals surface area contributed by atoms with Gasteiger partial charge in [-0.3, -0.25) is 9.59 Å². The van der Waals surface area contributed by atoms with E-state index in [9.17, 15) is 9.59 Å². The average Bonchev–Trinajstić information content (AvgIpc) is 3.45. The number of carbonyl (C=O) groups excluding carboxylic acids is 2. The Hall–Kier alpha value is -3.42. The van der Waals surface area contributed by atoms with E-state index in [1.165, 1.54) is 0 Å². The first-order valence-corrected chi connectivity index (χ1v) is 10.5. The first kappa shape index (κ1) is 18.4. The molecule has 4 heterocycles. The van der Waals surface area contributed by atoms with Crippen LogP contribution in [0.15, 0.2) is 36.4 Å². The monoisotopic (exact) mass is 422 g/mol. The van der Waals surface area contributed by atoms with Gasteiger partial charge in [0.05, 0.1) is 0 Å². The summed E-state index contributed by atoms with van der Waals surface area (Å²) < 4.78 is 21.5. The van der Waals surface area contributed by atoms with Gasteiger partial charge in [0.2, 0.25) is 13.6 Å². The molecule has 0 spiro atoms. The Kier molecular flexibility index (Phi) is 4.19. The molecule has 2 aromatic rings. The first-order chi connectivity index (χ1) is 15.1. The molecule has 0 atom stereocenters. The summed E-state index contributed by atoms with van der Waals surface area (Å²) in [6.07, 6.45) is 1.04. The van der Waals surface area contributed by atoms with Gasteiger partial charge >= 0.3 is 0 Å². The van der Waals surface area contributed by atoms with E-state index in [4.69, 9.17) is 18.9 Å². The maximum absolute atomic E-state index is 13.1. The van der Waals surface area contributed by atoms with Crippen molar-refractivity contribution in [2.75, 3.05) is 39.8 Å². The molecule has 0 aromatic heterocycles. The second-order valence-electron chi connectivity index (χ2n) is 8.52. The number of piperidine rings is 2. The van der Waals surface area contributed by atoms with Crippen LogP contribution in [-0.4, -0.2) is 61.4 Å². The van der Waals surface area contributed by atoms with Crippen molar-refractivity contribution in [2.24, 2.45) is 11.8 Å². The number of rotatable bonds is 2. The molecule has 160 valence electrons. The molecule has 2 bridgehead atoms. The lowest BCUT2D eigenvalue weighted by atomic mass is 9.84. The largest absolute Gasteiger partial charge is 0.454 e. The summed E-state index contributed by atoms with van der Waals surface area (Å²) in [5.74, 6) is 3.11. The topological polar surface area (TPSA) is 77.5 Å². The molecule has 8 heteroatoms. The number of hydrogen-bond donors (Lipinski definition) is 0. The Morgan fingerprint density at radius 2 is 1.06 bits per heavy atom. The lowest BCUT2D eigenvalue weighted by Crippen LogP contribution is -2.55. The van der Waals surface area contributed by atoms with Crippen molar-refractivity contribution < 1.29 is 28.5 Å². The molecule has 2 amide bonds. The smallest absolute Gasteiger partial charge is 0.254 e. The summed E-state index contributed by atoms with van der Waals surface area (Å²) in [7, 11) is 0. The van der Waals surface area contributed by atoms with E-state index in [1.807, 2.05) is 9.80 Å². The molecule has 2 aromatic carbocycles. The third-order valence-corrected chi connectivity index (χ3v) is 6.39. The van der Waals surface area contributed by atoms with Crippen LogP contribution in [0, 0.1) is 11.8 Å². The third kappa shape index (κ3) is 3.22. The highest BCUT2D eigenvalue weighted by Gasteiger charge is 2.38. The Bertz CT molecular complexity index is 975. The Morgan fingerprint density at radius 3 is 1.52 bits per heavy atom. The average molecular weight is 422 g/mol. The highest BCUT2D eigenvalue weighted by Crippen LogP contribution is 2.36. The minimum absolute atomic E-state index is 0.00328. The van der Waals surface area contributed by atoms with E-state index in [0.29, 0.717) is 60.3 Å². The van der Waals surface area contributed by atoms with Crippen molar-refractivity contribution in [2.45, 2.75) is 6.42 Å². The predicted octanol–water partition coefficient (Wildman–Crippen LogP) is 2.38. The second kappa shape index (κ2) is 7.08. The number of hydrogen-bond acceptors (Lipinski definition) is 6. The van der Waals surface area contributed by atoms with E-state index in [-0.39, 0.29) is 37.2 Å². The van der Waals surface area contributed by atoms with Crippen molar-refractivity contribution in [3.8, 4) is 23.0 Å². The van der Waals surface area contributed by atoms with Crippen molar-refractivity contribution in [1.82, 2.24) is 9.80 Å². The molecule has 31 heavy (non-hydrogen) atoms. The number of fused-ring (bicyclic) bond motifs is 4. The minimum Gasteiger partial charge on any atom is -0.454 e. The van der Waals surface area contributed by atoms with Gasteiger partial charge in [0.25, 0.3) is 11.8 Å². The van der Waals surface area contributed by atoms with Crippen LogP contribution in [0.3, 0.4) is 0 Å². The van der Waals surface area contributed by atoms with Gasteiger partial charge in [-0.05, 0) is 54.7 Å². The highest BCUT2D eigenvalue weighted by atomic mass is 16.7. The van der Waals surface area contributed by atoms with Gasteiger partial charge in [0, 0.05) is 37.3 Å². The maximum Gasteiger partial charge on any atom is 0.254 e. The molecule has 0 radical (unpaired) electrons. The number of carbonyl (C=O) groups is 2. The van der Waals surface area contributed by atoms with Gasteiger partial charge in [-0.15, -0.1) is 0 Å². The molecule has 8 nitrogen and oxygen atoms in total. The molecule has 4 aliphatic rings. The van der Waals surface area contributed by atoms with Crippen molar-refractivity contribution in [3.63, 3.8) is 0 Å². The normalized spacial score (nSPS) is 23.1. The standard InChI is InChI=1S/C23H22N2O6/c26-22(16-1-3-18-20(6-16)30-12-28-18)24-8-14-5-15(9-24)11-25(10-14)23(27)17-2-4-19-21(7-17)31-13-29-19/h1-4,6-7,14-15H,5,8-13H2. The third-order valence-electron chi connectivity index (χ3n) is 6.39.